The van der Waals surface area contributed by atoms with E-state index in [-0.39, 0.29) is 23.1 Å². The van der Waals surface area contributed by atoms with Gasteiger partial charge in [-0.3, -0.25) is 20.4 Å². The number of benzene rings is 1. The molecule has 9 nitrogen and oxygen atoms in total. The number of carbonyl (C=O) groups excluding carboxylic acids is 2. The largest absolute Gasteiger partial charge is 0.484 e. The van der Waals surface area contributed by atoms with Gasteiger partial charge < -0.3 is 4.74 Å². The molecule has 0 aliphatic carbocycles. The van der Waals surface area contributed by atoms with Crippen molar-refractivity contribution in [3.05, 3.63) is 47.2 Å². The number of hydrogen-bond acceptors (Lipinski definition) is 7. The van der Waals surface area contributed by atoms with Crippen molar-refractivity contribution in [1.82, 2.24) is 20.8 Å². The Kier molecular flexibility index (Phi) is 6.47. The van der Waals surface area contributed by atoms with Gasteiger partial charge in [0.25, 0.3) is 11.8 Å². The Hall–Kier alpha value is -2.72. The third kappa shape index (κ3) is 5.14. The predicted octanol–water partition coefficient (Wildman–Crippen LogP) is 0.764. The predicted molar refractivity (Wildman–Crippen MR) is 92.3 cm³/mol. The van der Waals surface area contributed by atoms with Crippen LogP contribution in [0.15, 0.2) is 41.7 Å². The van der Waals surface area contributed by atoms with Gasteiger partial charge in [-0.05, 0) is 12.1 Å². The smallest absolute Gasteiger partial charge is 0.289 e. The quantitative estimate of drug-likeness (QED) is 0.543. The Labute approximate surface area is 154 Å². The number of aromatic nitrogens is 2. The molecule has 0 aliphatic heterocycles. The number of halogens is 1. The summed E-state index contributed by atoms with van der Waals surface area (Å²) in [6.07, 6.45) is 1.01. The van der Waals surface area contributed by atoms with Gasteiger partial charge in [-0.25, -0.2) is 18.4 Å². The lowest BCUT2D eigenvalue weighted by Gasteiger charge is -2.09. The minimum Gasteiger partial charge on any atom is -0.484 e. The Morgan fingerprint density at radius 2 is 1.88 bits per heavy atom. The van der Waals surface area contributed by atoms with Crippen molar-refractivity contribution in [1.29, 1.82) is 0 Å². The third-order valence-electron chi connectivity index (χ3n) is 3.02. The highest BCUT2D eigenvalue weighted by Crippen LogP contribution is 2.15. The van der Waals surface area contributed by atoms with Crippen LogP contribution in [0.1, 0.15) is 17.4 Å². The average Bonchev–Trinajstić information content (AvgIpc) is 2.65. The van der Waals surface area contributed by atoms with Gasteiger partial charge in [0, 0.05) is 0 Å². The molecule has 0 radical (unpaired) electrons. The van der Waals surface area contributed by atoms with Crippen molar-refractivity contribution in [2.24, 2.45) is 0 Å². The zero-order valence-electron chi connectivity index (χ0n) is 13.6. The lowest BCUT2D eigenvalue weighted by Crippen LogP contribution is -2.44. The minimum atomic E-state index is -3.71. The number of nitrogens with zero attached hydrogens (tertiary/aromatic N) is 2. The molecule has 0 saturated heterocycles. The average molecular weight is 399 g/mol. The van der Waals surface area contributed by atoms with Crippen LogP contribution in [0.5, 0.6) is 5.75 Å². The van der Waals surface area contributed by atoms with Crippen molar-refractivity contribution >= 4 is 33.3 Å². The van der Waals surface area contributed by atoms with Gasteiger partial charge in [0.05, 0.1) is 17.0 Å². The van der Waals surface area contributed by atoms with E-state index in [9.17, 15) is 18.0 Å². The van der Waals surface area contributed by atoms with Crippen molar-refractivity contribution in [3.8, 4) is 5.75 Å². The van der Waals surface area contributed by atoms with Crippen molar-refractivity contribution in [2.75, 3.05) is 12.4 Å². The second-order valence-corrected chi connectivity index (χ2v) is 7.44. The number of para-hydroxylation sites is 1. The first kappa shape index (κ1) is 19.6. The van der Waals surface area contributed by atoms with Gasteiger partial charge >= 0.3 is 0 Å². The van der Waals surface area contributed by atoms with Gasteiger partial charge in [-0.15, -0.1) is 0 Å². The van der Waals surface area contributed by atoms with Gasteiger partial charge in [0.2, 0.25) is 15.0 Å². The van der Waals surface area contributed by atoms with Crippen LogP contribution >= 0.6 is 11.6 Å². The zero-order chi connectivity index (χ0) is 19.2. The lowest BCUT2D eigenvalue weighted by atomic mass is 10.3. The normalized spacial score (nSPS) is 10.8. The SMILES string of the molecule is CCS(=O)(=O)c1ncc(Cl)c(C(=O)NNC(=O)COc2ccccc2)n1. The van der Waals surface area contributed by atoms with Gasteiger partial charge in [-0.1, -0.05) is 36.7 Å². The second kappa shape index (κ2) is 8.59. The highest BCUT2D eigenvalue weighted by atomic mass is 35.5. The van der Waals surface area contributed by atoms with Crippen LogP contribution in [0.4, 0.5) is 0 Å². The summed E-state index contributed by atoms with van der Waals surface area (Å²) < 4.78 is 28.8. The van der Waals surface area contributed by atoms with Crippen LogP contribution in [0.3, 0.4) is 0 Å². The number of amides is 2. The van der Waals surface area contributed by atoms with Crippen LogP contribution in [-0.4, -0.2) is 42.6 Å². The molecule has 0 aliphatic rings. The number of ether oxygens (including phenoxy) is 1. The Morgan fingerprint density at radius 3 is 2.54 bits per heavy atom. The standard InChI is InChI=1S/C15H15ClN4O5S/c1-2-26(23,24)15-17-8-11(16)13(18-15)14(22)20-19-12(21)9-25-10-6-4-3-5-7-10/h3-8H,2,9H2,1H3,(H,19,21)(H,20,22). The van der Waals surface area contributed by atoms with Crippen LogP contribution in [0, 0.1) is 0 Å². The maximum absolute atomic E-state index is 12.1. The van der Waals surface area contributed by atoms with E-state index < -0.39 is 26.8 Å². The Balaban J connectivity index is 1.97. The number of hydrazine groups is 1. The van der Waals surface area contributed by atoms with E-state index in [2.05, 4.69) is 20.8 Å². The summed E-state index contributed by atoms with van der Waals surface area (Å²) in [6, 6.07) is 8.62. The third-order valence-corrected chi connectivity index (χ3v) is 4.81. The first-order valence-corrected chi connectivity index (χ1v) is 9.39. The number of hydrogen-bond donors (Lipinski definition) is 2. The molecular weight excluding hydrogens is 384 g/mol. The van der Waals surface area contributed by atoms with Gasteiger partial charge in [0.1, 0.15) is 5.75 Å². The Bertz CT molecular complexity index is 906. The maximum Gasteiger partial charge on any atom is 0.289 e. The van der Waals surface area contributed by atoms with E-state index >= 15 is 0 Å². The monoisotopic (exact) mass is 398 g/mol. The summed E-state index contributed by atoms with van der Waals surface area (Å²) >= 11 is 5.82. The molecule has 1 heterocycles. The fourth-order valence-corrected chi connectivity index (χ4v) is 2.56. The molecule has 0 saturated carbocycles. The number of sulfone groups is 1. The molecule has 11 heteroatoms. The summed E-state index contributed by atoms with van der Waals surface area (Å²) in [6.45, 7) is 1.08. The molecule has 1 aromatic carbocycles. The number of carbonyl (C=O) groups is 2. The highest BCUT2D eigenvalue weighted by Gasteiger charge is 2.21. The summed E-state index contributed by atoms with van der Waals surface area (Å²) in [5.41, 5.74) is 3.83. The minimum absolute atomic E-state index is 0.160. The van der Waals surface area contributed by atoms with Crippen LogP contribution in [0.2, 0.25) is 5.02 Å². The number of rotatable bonds is 6. The van der Waals surface area contributed by atoms with Crippen LogP contribution in [0.25, 0.3) is 0 Å². The fourth-order valence-electron chi connectivity index (χ4n) is 1.68. The van der Waals surface area contributed by atoms with E-state index in [1.807, 2.05) is 0 Å². The number of nitrogens with one attached hydrogen (secondary N) is 2. The van der Waals surface area contributed by atoms with E-state index in [1.165, 1.54) is 6.92 Å². The molecule has 2 aromatic rings. The molecule has 1 aromatic heterocycles. The van der Waals surface area contributed by atoms with E-state index in [4.69, 9.17) is 16.3 Å². The first-order chi connectivity index (χ1) is 12.3. The molecule has 0 unspecified atom stereocenters. The maximum atomic E-state index is 12.1. The highest BCUT2D eigenvalue weighted by molar-refractivity contribution is 7.91. The molecular formula is C15H15ClN4O5S. The molecule has 26 heavy (non-hydrogen) atoms. The molecule has 0 spiro atoms. The van der Waals surface area contributed by atoms with Crippen molar-refractivity contribution in [2.45, 2.75) is 12.1 Å². The van der Waals surface area contributed by atoms with Crippen molar-refractivity contribution < 1.29 is 22.7 Å². The molecule has 0 fully saturated rings. The molecule has 2 N–H and O–H groups in total. The molecule has 138 valence electrons. The van der Waals surface area contributed by atoms with Crippen LogP contribution < -0.4 is 15.6 Å². The molecule has 2 amide bonds. The fraction of sp³-hybridized carbons (Fsp3) is 0.200. The Morgan fingerprint density at radius 1 is 1.19 bits per heavy atom. The summed E-state index contributed by atoms with van der Waals surface area (Å²) in [7, 11) is -3.71. The van der Waals surface area contributed by atoms with E-state index in [0.717, 1.165) is 6.20 Å². The lowest BCUT2D eigenvalue weighted by molar-refractivity contribution is -0.123. The van der Waals surface area contributed by atoms with E-state index in [0.29, 0.717) is 5.75 Å². The molecule has 0 atom stereocenters. The van der Waals surface area contributed by atoms with Gasteiger partial charge in [-0.2, -0.15) is 0 Å². The summed E-state index contributed by atoms with van der Waals surface area (Å²) in [5.74, 6) is -1.27. The zero-order valence-corrected chi connectivity index (χ0v) is 15.2. The van der Waals surface area contributed by atoms with Crippen molar-refractivity contribution in [3.63, 3.8) is 0 Å². The summed E-state index contributed by atoms with van der Waals surface area (Å²) in [5, 5.41) is -0.680. The molecule has 0 bridgehead atoms. The molecule has 2 rings (SSSR count). The second-order valence-electron chi connectivity index (χ2n) is 4.86. The topological polar surface area (TPSA) is 127 Å². The first-order valence-electron chi connectivity index (χ1n) is 7.36. The van der Waals surface area contributed by atoms with Crippen LogP contribution in [-0.2, 0) is 14.6 Å². The van der Waals surface area contributed by atoms with E-state index in [1.54, 1.807) is 30.3 Å². The van der Waals surface area contributed by atoms with Gasteiger partial charge in [0.15, 0.2) is 12.3 Å². The summed E-state index contributed by atoms with van der Waals surface area (Å²) in [4.78, 5) is 31.0.